The molecule has 29 heavy (non-hydrogen) atoms. The minimum absolute atomic E-state index is 0.0168. The molecule has 0 bridgehead atoms. The number of hydrogen-bond donors (Lipinski definition) is 2. The summed E-state index contributed by atoms with van der Waals surface area (Å²) in [4.78, 5) is 24.4. The summed E-state index contributed by atoms with van der Waals surface area (Å²) in [5.41, 5.74) is 0.651. The Balaban J connectivity index is 2.09. The molecule has 152 valence electrons. The van der Waals surface area contributed by atoms with Crippen molar-refractivity contribution in [2.24, 2.45) is 0 Å². The first kappa shape index (κ1) is 15.9. The third-order valence-corrected chi connectivity index (χ3v) is 6.25. The Labute approximate surface area is 177 Å². The zero-order chi connectivity index (χ0) is 24.8. The van der Waals surface area contributed by atoms with Crippen LogP contribution in [-0.4, -0.2) is 25.3 Å². The Morgan fingerprint density at radius 2 is 2.00 bits per heavy atom. The second-order valence-electron chi connectivity index (χ2n) is 6.22. The second kappa shape index (κ2) is 7.80. The van der Waals surface area contributed by atoms with Gasteiger partial charge < -0.3 is 9.83 Å². The molecular formula is C19H19N3O5S2. The SMILES string of the molecule is [2H]c1noc(N([2H])S(=O)(=O)c2ccsc2C(=O)N([2H])c2c(C(C)=O)cc(C)c([2H])c2C)c1C. The third-order valence-electron chi connectivity index (χ3n) is 3.92. The summed E-state index contributed by atoms with van der Waals surface area (Å²) in [7, 11) is -4.64. The first-order chi connectivity index (χ1) is 15.3. The molecule has 1 aromatic carbocycles. The number of carbonyl (C=O) groups excluding carboxylic acids is 2. The maximum absolute atomic E-state index is 13.2. The monoisotopic (exact) mass is 437 g/mol. The summed E-state index contributed by atoms with van der Waals surface area (Å²) in [6.07, 6.45) is -0.339. The smallest absolute Gasteiger partial charge is 0.267 e. The predicted molar refractivity (Wildman–Crippen MR) is 110 cm³/mol. The highest BCUT2D eigenvalue weighted by Crippen LogP contribution is 2.29. The Kier molecular flexibility index (Phi) is 4.27. The van der Waals surface area contributed by atoms with Crippen molar-refractivity contribution in [3.8, 4) is 0 Å². The van der Waals surface area contributed by atoms with Gasteiger partial charge in [-0.25, -0.2) is 13.1 Å². The molecule has 0 radical (unpaired) electrons. The standard InChI is InChI=1S/C19H19N3O5S2/c1-10-7-11(2)16(14(8-10)13(4)23)21-18(24)17-15(5-6-28-17)29(25,26)22-19-12(3)9-20-27-19/h5-9,22H,1-4H3,(H,21,24)/i7D,9D/hD2. The molecule has 1 amide bonds. The lowest BCUT2D eigenvalue weighted by atomic mass is 10.0. The number of nitrogens with one attached hydrogen (secondary N) is 2. The summed E-state index contributed by atoms with van der Waals surface area (Å²) in [5.74, 6) is -1.98. The van der Waals surface area contributed by atoms with E-state index in [2.05, 4.69) is 5.16 Å². The molecule has 2 N–H and O–H groups in total. The molecule has 0 aliphatic rings. The average Bonchev–Trinajstić information content (AvgIpc) is 3.38. The highest BCUT2D eigenvalue weighted by molar-refractivity contribution is 7.93. The molecule has 0 fully saturated rings. The van der Waals surface area contributed by atoms with Crippen LogP contribution in [-0.2, 0) is 10.0 Å². The number of Topliss-reactive ketones (excluding diaryl/α,β-unsaturated/α-hetero) is 1. The number of benzene rings is 1. The van der Waals surface area contributed by atoms with Crippen LogP contribution in [0.25, 0.3) is 0 Å². The van der Waals surface area contributed by atoms with Gasteiger partial charge in [0.2, 0.25) is 5.88 Å². The molecule has 2 aromatic heterocycles. The zero-order valence-corrected chi connectivity index (χ0v) is 17.6. The van der Waals surface area contributed by atoms with Crippen LogP contribution >= 0.6 is 11.3 Å². The first-order valence-corrected chi connectivity index (χ1v) is 10.6. The number of amides is 1. The van der Waals surface area contributed by atoms with Crippen LogP contribution < -0.4 is 10.0 Å². The molecular weight excluding hydrogens is 414 g/mol. The molecule has 3 aromatic rings. The summed E-state index contributed by atoms with van der Waals surface area (Å²) < 4.78 is 63.0. The fourth-order valence-electron chi connectivity index (χ4n) is 2.59. The Hall–Kier alpha value is -2.98. The number of aryl methyl sites for hydroxylation is 1. The van der Waals surface area contributed by atoms with Crippen molar-refractivity contribution in [2.45, 2.75) is 32.6 Å². The molecule has 2 heterocycles. The maximum Gasteiger partial charge on any atom is 0.267 e. The number of carbonyl (C=O) groups is 2. The molecule has 0 saturated carbocycles. The van der Waals surface area contributed by atoms with Gasteiger partial charge in [-0.05, 0) is 56.3 Å². The van der Waals surface area contributed by atoms with E-state index < -0.39 is 32.5 Å². The molecule has 8 nitrogen and oxygen atoms in total. The van der Waals surface area contributed by atoms with Crippen LogP contribution in [0.1, 0.15) is 46.4 Å². The van der Waals surface area contributed by atoms with E-state index >= 15 is 0 Å². The third kappa shape index (κ3) is 4.22. The molecule has 0 atom stereocenters. The van der Waals surface area contributed by atoms with Crippen LogP contribution in [0.4, 0.5) is 11.6 Å². The minimum Gasteiger partial charge on any atom is -0.338 e. The van der Waals surface area contributed by atoms with Gasteiger partial charge in [0.15, 0.2) is 8.61 Å². The number of sulfonamides is 1. The maximum atomic E-state index is 13.2. The molecule has 0 unspecified atom stereocenters. The number of aromatic nitrogens is 1. The Morgan fingerprint density at radius 3 is 2.62 bits per heavy atom. The number of hydrogen-bond acceptors (Lipinski definition) is 7. The van der Waals surface area contributed by atoms with E-state index in [0.29, 0.717) is 10.9 Å². The van der Waals surface area contributed by atoms with Crippen molar-refractivity contribution in [2.75, 3.05) is 10.0 Å². The van der Waals surface area contributed by atoms with Crippen molar-refractivity contribution in [1.29, 1.82) is 0 Å². The first-order valence-electron chi connectivity index (χ1n) is 10.2. The van der Waals surface area contributed by atoms with Gasteiger partial charge >= 0.3 is 0 Å². The van der Waals surface area contributed by atoms with Crippen LogP contribution in [0, 0.1) is 20.8 Å². The van der Waals surface area contributed by atoms with Gasteiger partial charge in [-0.1, -0.05) is 11.2 Å². The number of nitrogens with zero attached hydrogens (tertiary/aromatic N) is 1. The van der Waals surface area contributed by atoms with Gasteiger partial charge in [0, 0.05) is 11.1 Å². The lowest BCUT2D eigenvalue weighted by molar-refractivity contribution is 0.101. The molecule has 0 saturated heterocycles. The number of anilines is 2. The van der Waals surface area contributed by atoms with Crippen LogP contribution in [0.2, 0.25) is 2.82 Å². The second-order valence-corrected chi connectivity index (χ2v) is 8.71. The van der Waals surface area contributed by atoms with Crippen molar-refractivity contribution in [3.05, 3.63) is 56.9 Å². The van der Waals surface area contributed by atoms with Gasteiger partial charge in [0.25, 0.3) is 15.9 Å². The number of ketones is 1. The van der Waals surface area contributed by atoms with E-state index in [-0.39, 0.29) is 44.2 Å². The number of thiophene rings is 1. The zero-order valence-electron chi connectivity index (χ0n) is 19.9. The summed E-state index contributed by atoms with van der Waals surface area (Å²) in [6.45, 7) is 5.74. The van der Waals surface area contributed by atoms with Crippen LogP contribution in [0.5, 0.6) is 0 Å². The van der Waals surface area contributed by atoms with Gasteiger partial charge in [-0.2, -0.15) is 0 Å². The fourth-order valence-corrected chi connectivity index (χ4v) is 4.86. The largest absolute Gasteiger partial charge is 0.338 e. The van der Waals surface area contributed by atoms with Gasteiger partial charge in [-0.15, -0.1) is 11.3 Å². The predicted octanol–water partition coefficient (Wildman–Crippen LogP) is 3.92. The highest BCUT2D eigenvalue weighted by atomic mass is 32.2. The van der Waals surface area contributed by atoms with Gasteiger partial charge in [0.05, 0.1) is 14.6 Å². The fraction of sp³-hybridized carbons (Fsp3) is 0.211. The molecule has 0 aliphatic carbocycles. The van der Waals surface area contributed by atoms with Crippen molar-refractivity contribution in [3.63, 3.8) is 0 Å². The van der Waals surface area contributed by atoms with E-state index in [0.717, 1.165) is 17.4 Å². The summed E-state index contributed by atoms with van der Waals surface area (Å²) in [5, 5.41) is 5.03. The van der Waals surface area contributed by atoms with Gasteiger partial charge in [-0.3, -0.25) is 9.59 Å². The average molecular weight is 438 g/mol. The Morgan fingerprint density at radius 1 is 1.28 bits per heavy atom. The Bertz CT molecular complexity index is 1380. The molecule has 0 aliphatic heterocycles. The molecule has 10 heteroatoms. The lowest BCUT2D eigenvalue weighted by Crippen LogP contribution is -2.20. The van der Waals surface area contributed by atoms with E-state index in [1.807, 2.05) is 0 Å². The summed E-state index contributed by atoms with van der Waals surface area (Å²) in [6, 6.07) is 2.56. The topological polar surface area (TPSA) is 118 Å². The highest BCUT2D eigenvalue weighted by Gasteiger charge is 2.27. The van der Waals surface area contributed by atoms with Crippen molar-refractivity contribution >= 4 is 44.6 Å². The van der Waals surface area contributed by atoms with Crippen molar-refractivity contribution < 1.29 is 28.1 Å². The quantitative estimate of drug-likeness (QED) is 0.564. The van der Waals surface area contributed by atoms with Crippen molar-refractivity contribution in [1.82, 2.24) is 5.16 Å². The lowest BCUT2D eigenvalue weighted by Gasteiger charge is -2.14. The van der Waals surface area contributed by atoms with E-state index in [4.69, 9.17) is 10.1 Å². The van der Waals surface area contributed by atoms with Crippen LogP contribution in [0.15, 0.2) is 39.1 Å². The van der Waals surface area contributed by atoms with E-state index in [1.54, 1.807) is 6.92 Å². The minimum atomic E-state index is -4.64. The van der Waals surface area contributed by atoms with Gasteiger partial charge in [0.1, 0.15) is 9.77 Å². The number of rotatable bonds is 6. The van der Waals surface area contributed by atoms with E-state index in [1.165, 1.54) is 32.2 Å². The normalized spacial score (nSPS) is 13.2. The molecule has 3 rings (SSSR count). The summed E-state index contributed by atoms with van der Waals surface area (Å²) >= 11 is 0.742. The van der Waals surface area contributed by atoms with Crippen LogP contribution in [0.3, 0.4) is 0 Å². The van der Waals surface area contributed by atoms with E-state index in [9.17, 15) is 18.0 Å². The molecule has 0 spiro atoms.